The van der Waals surface area contributed by atoms with Crippen LogP contribution in [0.15, 0.2) is 27.8 Å². The molecule has 2 heterocycles. The molecule has 1 unspecified atom stereocenters. The first-order valence-electron chi connectivity index (χ1n) is 7.75. The molecule has 1 saturated heterocycles. The molecule has 1 amide bonds. The molecule has 0 radical (unpaired) electrons. The van der Waals surface area contributed by atoms with Crippen molar-refractivity contribution in [1.82, 2.24) is 16.0 Å². The molecule has 0 aliphatic carbocycles. The lowest BCUT2D eigenvalue weighted by Crippen LogP contribution is -2.41. The lowest BCUT2D eigenvalue weighted by atomic mass is 10.2. The van der Waals surface area contributed by atoms with Gasteiger partial charge in [0.15, 0.2) is 11.7 Å². The monoisotopic (exact) mass is 452 g/mol. The van der Waals surface area contributed by atoms with Crippen LogP contribution in [0.4, 0.5) is 0 Å². The molecule has 0 bridgehead atoms. The fraction of sp³-hybridized carbons (Fsp3) is 0.600. The predicted octanol–water partition coefficient (Wildman–Crippen LogP) is 2.08. The highest BCUT2D eigenvalue weighted by atomic mass is 127. The fourth-order valence-electron chi connectivity index (χ4n) is 2.17. The second kappa shape index (κ2) is 11.6. The number of rotatable bonds is 7. The van der Waals surface area contributed by atoms with E-state index in [1.54, 1.807) is 12.1 Å². The van der Waals surface area contributed by atoms with E-state index in [-0.39, 0.29) is 29.9 Å². The van der Waals surface area contributed by atoms with Crippen molar-refractivity contribution < 1.29 is 9.21 Å². The van der Waals surface area contributed by atoms with Crippen LogP contribution in [-0.2, 0) is 0 Å². The molecule has 6 nitrogen and oxygen atoms in total. The molecule has 0 spiro atoms. The van der Waals surface area contributed by atoms with Gasteiger partial charge in [-0.15, -0.1) is 24.0 Å². The Kier molecular flexibility index (Phi) is 10.2. The van der Waals surface area contributed by atoms with Crippen molar-refractivity contribution in [3.8, 4) is 0 Å². The van der Waals surface area contributed by atoms with Crippen LogP contribution in [0, 0.1) is 0 Å². The van der Waals surface area contributed by atoms with Crippen LogP contribution in [0.1, 0.15) is 30.3 Å². The molecule has 130 valence electrons. The lowest BCUT2D eigenvalue weighted by molar-refractivity contribution is 0.0926. The van der Waals surface area contributed by atoms with E-state index in [0.29, 0.717) is 24.1 Å². The maximum Gasteiger partial charge on any atom is 0.287 e. The van der Waals surface area contributed by atoms with Crippen LogP contribution in [0.3, 0.4) is 0 Å². The minimum atomic E-state index is -0.198. The number of halogens is 1. The number of amides is 1. The van der Waals surface area contributed by atoms with Gasteiger partial charge in [-0.2, -0.15) is 11.8 Å². The highest BCUT2D eigenvalue weighted by Gasteiger charge is 2.15. The molecule has 0 aromatic carbocycles. The summed E-state index contributed by atoms with van der Waals surface area (Å²) in [7, 11) is 0. The summed E-state index contributed by atoms with van der Waals surface area (Å²) in [6.07, 6.45) is 4.05. The van der Waals surface area contributed by atoms with Gasteiger partial charge < -0.3 is 20.4 Å². The summed E-state index contributed by atoms with van der Waals surface area (Å²) in [6, 6.07) is 3.34. The van der Waals surface area contributed by atoms with Gasteiger partial charge in [-0.25, -0.2) is 0 Å². The van der Waals surface area contributed by atoms with Gasteiger partial charge in [0.05, 0.1) is 12.8 Å². The first kappa shape index (κ1) is 20.1. The third-order valence-corrected chi connectivity index (χ3v) is 4.65. The molecule has 8 heteroatoms. The molecule has 0 saturated carbocycles. The average molecular weight is 452 g/mol. The number of aliphatic imine (C=N–C) groups is 1. The first-order chi connectivity index (χ1) is 10.8. The average Bonchev–Trinajstić information content (AvgIpc) is 3.22. The minimum Gasteiger partial charge on any atom is -0.459 e. The van der Waals surface area contributed by atoms with Crippen molar-refractivity contribution in [2.75, 3.05) is 31.9 Å². The predicted molar refractivity (Wildman–Crippen MR) is 106 cm³/mol. The molecule has 1 aromatic heterocycles. The summed E-state index contributed by atoms with van der Waals surface area (Å²) in [4.78, 5) is 16.3. The quantitative estimate of drug-likeness (QED) is 0.256. The molecule has 1 fully saturated rings. The zero-order valence-electron chi connectivity index (χ0n) is 13.3. The van der Waals surface area contributed by atoms with Gasteiger partial charge in [-0.1, -0.05) is 0 Å². The lowest BCUT2D eigenvalue weighted by Gasteiger charge is -2.12. The van der Waals surface area contributed by atoms with Crippen molar-refractivity contribution in [1.29, 1.82) is 0 Å². The third kappa shape index (κ3) is 7.47. The zero-order valence-corrected chi connectivity index (χ0v) is 16.5. The highest BCUT2D eigenvalue weighted by Crippen LogP contribution is 2.25. The normalized spacial score (nSPS) is 17.4. The minimum absolute atomic E-state index is 0. The Bertz CT molecular complexity index is 476. The maximum atomic E-state index is 11.7. The summed E-state index contributed by atoms with van der Waals surface area (Å²) in [5.74, 6) is 2.19. The summed E-state index contributed by atoms with van der Waals surface area (Å²) >= 11 is 2.00. The van der Waals surface area contributed by atoms with Crippen LogP contribution >= 0.6 is 35.7 Å². The van der Waals surface area contributed by atoms with Gasteiger partial charge >= 0.3 is 0 Å². The van der Waals surface area contributed by atoms with Gasteiger partial charge in [0.1, 0.15) is 0 Å². The van der Waals surface area contributed by atoms with E-state index in [1.165, 1.54) is 24.9 Å². The van der Waals surface area contributed by atoms with Gasteiger partial charge in [-0.05, 0) is 37.7 Å². The molecule has 1 aliphatic heterocycles. The van der Waals surface area contributed by atoms with Crippen molar-refractivity contribution in [2.45, 2.75) is 25.0 Å². The van der Waals surface area contributed by atoms with Crippen molar-refractivity contribution in [3.05, 3.63) is 24.2 Å². The van der Waals surface area contributed by atoms with E-state index in [9.17, 15) is 4.79 Å². The Balaban J connectivity index is 0.00000264. The van der Waals surface area contributed by atoms with Gasteiger partial charge in [0.25, 0.3) is 5.91 Å². The van der Waals surface area contributed by atoms with Gasteiger partial charge in [0.2, 0.25) is 0 Å². The molecular weight excluding hydrogens is 427 g/mol. The standard InChI is InChI=1S/C15H24N4O2S.HI/c1-2-16-15(19-11-12-5-4-10-22-12)18-8-7-17-14(20)13-6-3-9-21-13;/h3,6,9,12H,2,4-5,7-8,10-11H2,1H3,(H,17,20)(H2,16,18,19);1H. The molecule has 2 rings (SSSR count). The fourth-order valence-corrected chi connectivity index (χ4v) is 3.35. The van der Waals surface area contributed by atoms with Crippen LogP contribution in [0.25, 0.3) is 0 Å². The van der Waals surface area contributed by atoms with Crippen LogP contribution in [0.5, 0.6) is 0 Å². The smallest absolute Gasteiger partial charge is 0.287 e. The Labute approximate surface area is 158 Å². The Morgan fingerprint density at radius 2 is 2.22 bits per heavy atom. The van der Waals surface area contributed by atoms with E-state index in [0.717, 1.165) is 19.0 Å². The SMILES string of the molecule is CCNC(=NCC1CCCS1)NCCNC(=O)c1ccco1.I. The molecular formula is C15H25IN4O2S. The van der Waals surface area contributed by atoms with E-state index < -0.39 is 0 Å². The second-order valence-electron chi connectivity index (χ2n) is 5.01. The van der Waals surface area contributed by atoms with Crippen molar-refractivity contribution >= 4 is 47.6 Å². The summed E-state index contributed by atoms with van der Waals surface area (Å²) in [5.41, 5.74) is 0. The first-order valence-corrected chi connectivity index (χ1v) is 8.80. The number of nitrogens with zero attached hydrogens (tertiary/aromatic N) is 1. The number of carbonyl (C=O) groups excluding carboxylic acids is 1. The van der Waals surface area contributed by atoms with Crippen molar-refractivity contribution in [2.24, 2.45) is 4.99 Å². The Morgan fingerprint density at radius 1 is 1.39 bits per heavy atom. The Hall–Kier alpha value is -0.900. The zero-order chi connectivity index (χ0) is 15.6. The summed E-state index contributed by atoms with van der Waals surface area (Å²) < 4.78 is 5.04. The van der Waals surface area contributed by atoms with E-state index in [4.69, 9.17) is 4.42 Å². The van der Waals surface area contributed by atoms with E-state index in [2.05, 4.69) is 20.9 Å². The van der Waals surface area contributed by atoms with Gasteiger partial charge in [-0.3, -0.25) is 9.79 Å². The molecule has 1 atom stereocenters. The van der Waals surface area contributed by atoms with Crippen LogP contribution < -0.4 is 16.0 Å². The number of carbonyl (C=O) groups is 1. The molecule has 23 heavy (non-hydrogen) atoms. The topological polar surface area (TPSA) is 78.7 Å². The highest BCUT2D eigenvalue weighted by molar-refractivity contribution is 14.0. The largest absolute Gasteiger partial charge is 0.459 e. The number of hydrogen-bond acceptors (Lipinski definition) is 4. The third-order valence-electron chi connectivity index (χ3n) is 3.27. The number of thioether (sulfide) groups is 1. The Morgan fingerprint density at radius 3 is 2.87 bits per heavy atom. The molecule has 1 aromatic rings. The summed E-state index contributed by atoms with van der Waals surface area (Å²) in [5, 5.41) is 9.90. The van der Waals surface area contributed by atoms with E-state index in [1.807, 2.05) is 18.7 Å². The van der Waals surface area contributed by atoms with Gasteiger partial charge in [0, 0.05) is 24.9 Å². The summed E-state index contributed by atoms with van der Waals surface area (Å²) in [6.45, 7) is 4.85. The molecule has 1 aliphatic rings. The van der Waals surface area contributed by atoms with Crippen LogP contribution in [0.2, 0.25) is 0 Å². The maximum absolute atomic E-state index is 11.7. The van der Waals surface area contributed by atoms with Crippen molar-refractivity contribution in [3.63, 3.8) is 0 Å². The second-order valence-corrected chi connectivity index (χ2v) is 6.42. The van der Waals surface area contributed by atoms with Crippen LogP contribution in [-0.4, -0.2) is 49.0 Å². The number of guanidine groups is 1. The number of hydrogen-bond donors (Lipinski definition) is 3. The molecule has 3 N–H and O–H groups in total. The number of furan rings is 1. The van der Waals surface area contributed by atoms with E-state index >= 15 is 0 Å². The number of nitrogens with one attached hydrogen (secondary N) is 3.